The van der Waals surface area contributed by atoms with Crippen LogP contribution in [0.3, 0.4) is 0 Å². The Bertz CT molecular complexity index is 1280. The molecule has 1 atom stereocenters. The molecule has 0 bridgehead atoms. The van der Waals surface area contributed by atoms with E-state index in [-0.39, 0.29) is 22.5 Å². The first kappa shape index (κ1) is 19.3. The molecule has 8 heteroatoms. The van der Waals surface area contributed by atoms with Crippen LogP contribution < -0.4 is 4.90 Å². The van der Waals surface area contributed by atoms with E-state index in [1.54, 1.807) is 6.07 Å². The van der Waals surface area contributed by atoms with Gasteiger partial charge in [-0.1, -0.05) is 17.3 Å². The molecule has 2 aromatic carbocycles. The lowest BCUT2D eigenvalue weighted by Crippen LogP contribution is -2.37. The normalized spacial score (nSPS) is 16.7. The maximum Gasteiger partial charge on any atom is 0.293 e. The van der Waals surface area contributed by atoms with Gasteiger partial charge in [-0.25, -0.2) is 0 Å². The van der Waals surface area contributed by atoms with Crippen LogP contribution >= 0.6 is 0 Å². The standard InChI is InChI=1S/C23H23N5O3/c1-15-5-3-4-11-27(15)19-9-8-18(14-21(19)28(29)30)23-24-22(25-31-23)17-7-6-16-10-12-26(2)20(16)13-17/h6-10,12-15H,3-5,11H2,1-2H3. The van der Waals surface area contributed by atoms with Crippen LogP contribution in [-0.4, -0.2) is 32.2 Å². The minimum Gasteiger partial charge on any atom is -0.363 e. The van der Waals surface area contributed by atoms with Gasteiger partial charge in [-0.05, 0) is 55.8 Å². The second kappa shape index (κ2) is 7.54. The maximum atomic E-state index is 11.8. The van der Waals surface area contributed by atoms with Gasteiger partial charge in [0, 0.05) is 48.5 Å². The molecule has 0 N–H and O–H groups in total. The predicted octanol–water partition coefficient (Wildman–Crippen LogP) is 5.18. The average molecular weight is 417 g/mol. The Labute approximate surface area is 179 Å². The molecule has 2 aromatic heterocycles. The quantitative estimate of drug-likeness (QED) is 0.336. The zero-order valence-corrected chi connectivity index (χ0v) is 17.5. The fourth-order valence-corrected chi connectivity index (χ4v) is 4.36. The van der Waals surface area contributed by atoms with Crippen molar-refractivity contribution in [3.05, 3.63) is 58.8 Å². The highest BCUT2D eigenvalue weighted by molar-refractivity contribution is 5.84. The first-order valence-electron chi connectivity index (χ1n) is 10.5. The van der Waals surface area contributed by atoms with Gasteiger partial charge in [-0.2, -0.15) is 4.98 Å². The molecule has 1 unspecified atom stereocenters. The van der Waals surface area contributed by atoms with Crippen LogP contribution in [0.5, 0.6) is 0 Å². The van der Waals surface area contributed by atoms with Crippen molar-refractivity contribution in [1.29, 1.82) is 0 Å². The highest BCUT2D eigenvalue weighted by Crippen LogP contribution is 2.36. The van der Waals surface area contributed by atoms with E-state index >= 15 is 0 Å². The molecule has 0 amide bonds. The topological polar surface area (TPSA) is 90.2 Å². The lowest BCUT2D eigenvalue weighted by molar-refractivity contribution is -0.384. The fraction of sp³-hybridized carbons (Fsp3) is 0.304. The van der Waals surface area contributed by atoms with Gasteiger partial charge >= 0.3 is 0 Å². The Balaban J connectivity index is 1.50. The Kier molecular flexibility index (Phi) is 4.69. The number of hydrogen-bond acceptors (Lipinski definition) is 6. The largest absolute Gasteiger partial charge is 0.363 e. The number of nitrogens with zero attached hydrogens (tertiary/aromatic N) is 5. The molecule has 3 heterocycles. The van der Waals surface area contributed by atoms with Crippen molar-refractivity contribution in [2.45, 2.75) is 32.2 Å². The van der Waals surface area contributed by atoms with Crippen molar-refractivity contribution in [2.75, 3.05) is 11.4 Å². The first-order valence-corrected chi connectivity index (χ1v) is 10.5. The average Bonchev–Trinajstić information content (AvgIpc) is 3.41. The highest BCUT2D eigenvalue weighted by atomic mass is 16.6. The molecule has 1 aliphatic heterocycles. The Morgan fingerprint density at radius 3 is 2.77 bits per heavy atom. The van der Waals surface area contributed by atoms with Crippen LogP contribution in [0.4, 0.5) is 11.4 Å². The van der Waals surface area contributed by atoms with E-state index in [0.29, 0.717) is 17.1 Å². The van der Waals surface area contributed by atoms with Crippen LogP contribution in [0.1, 0.15) is 26.2 Å². The summed E-state index contributed by atoms with van der Waals surface area (Å²) in [4.78, 5) is 18.1. The summed E-state index contributed by atoms with van der Waals surface area (Å²) in [6.07, 6.45) is 5.24. The van der Waals surface area contributed by atoms with Crippen molar-refractivity contribution in [1.82, 2.24) is 14.7 Å². The Hall–Kier alpha value is -3.68. The number of nitro benzene ring substituents is 1. The Morgan fingerprint density at radius 2 is 1.97 bits per heavy atom. The van der Waals surface area contributed by atoms with Gasteiger partial charge in [-0.3, -0.25) is 10.1 Å². The number of aryl methyl sites for hydroxylation is 1. The van der Waals surface area contributed by atoms with Gasteiger partial charge in [0.25, 0.3) is 11.6 Å². The molecule has 8 nitrogen and oxygen atoms in total. The molecule has 1 fully saturated rings. The number of rotatable bonds is 4. The van der Waals surface area contributed by atoms with Crippen molar-refractivity contribution in [3.8, 4) is 22.8 Å². The van der Waals surface area contributed by atoms with Crippen molar-refractivity contribution >= 4 is 22.3 Å². The summed E-state index contributed by atoms with van der Waals surface area (Å²) in [7, 11) is 1.98. The van der Waals surface area contributed by atoms with E-state index in [2.05, 4.69) is 22.0 Å². The molecule has 158 valence electrons. The molecule has 4 aromatic rings. The zero-order valence-electron chi connectivity index (χ0n) is 17.5. The fourth-order valence-electron chi connectivity index (χ4n) is 4.36. The molecule has 0 aliphatic carbocycles. The summed E-state index contributed by atoms with van der Waals surface area (Å²) in [6, 6.07) is 13.4. The second-order valence-electron chi connectivity index (χ2n) is 8.12. The summed E-state index contributed by atoms with van der Waals surface area (Å²) in [5.74, 6) is 0.720. The third-order valence-corrected chi connectivity index (χ3v) is 6.10. The summed E-state index contributed by atoms with van der Waals surface area (Å²) < 4.78 is 7.50. The van der Waals surface area contributed by atoms with Crippen molar-refractivity contribution in [2.24, 2.45) is 7.05 Å². The predicted molar refractivity (Wildman–Crippen MR) is 119 cm³/mol. The van der Waals surface area contributed by atoms with E-state index in [9.17, 15) is 10.1 Å². The number of fused-ring (bicyclic) bond motifs is 1. The summed E-state index contributed by atoms with van der Waals surface area (Å²) in [5.41, 5.74) is 3.15. The van der Waals surface area contributed by atoms with Crippen molar-refractivity contribution in [3.63, 3.8) is 0 Å². The third kappa shape index (κ3) is 3.43. The van der Waals surface area contributed by atoms with Crippen LogP contribution in [0, 0.1) is 10.1 Å². The number of nitro groups is 1. The zero-order chi connectivity index (χ0) is 21.5. The molecule has 1 saturated heterocycles. The number of hydrogen-bond donors (Lipinski definition) is 0. The van der Waals surface area contributed by atoms with E-state index in [4.69, 9.17) is 4.52 Å². The molecular weight excluding hydrogens is 394 g/mol. The molecule has 31 heavy (non-hydrogen) atoms. The van der Waals surface area contributed by atoms with Crippen LogP contribution in [-0.2, 0) is 7.05 Å². The van der Waals surface area contributed by atoms with E-state index in [1.807, 2.05) is 48.1 Å². The minimum absolute atomic E-state index is 0.0660. The molecule has 0 spiro atoms. The maximum absolute atomic E-state index is 11.8. The van der Waals surface area contributed by atoms with E-state index in [1.165, 1.54) is 6.07 Å². The van der Waals surface area contributed by atoms with Crippen molar-refractivity contribution < 1.29 is 9.45 Å². The molecule has 5 rings (SSSR count). The first-order chi connectivity index (χ1) is 15.0. The monoisotopic (exact) mass is 417 g/mol. The van der Waals surface area contributed by atoms with Gasteiger partial charge in [-0.15, -0.1) is 0 Å². The van der Waals surface area contributed by atoms with Crippen LogP contribution in [0.2, 0.25) is 0 Å². The minimum atomic E-state index is -0.333. The lowest BCUT2D eigenvalue weighted by Gasteiger charge is -2.35. The molecular formula is C23H23N5O3. The molecule has 1 aliphatic rings. The summed E-state index contributed by atoms with van der Waals surface area (Å²) in [5, 5.41) is 17.1. The van der Waals surface area contributed by atoms with Gasteiger partial charge in [0.2, 0.25) is 5.82 Å². The van der Waals surface area contributed by atoms with Crippen LogP contribution in [0.25, 0.3) is 33.7 Å². The molecule has 0 radical (unpaired) electrons. The van der Waals surface area contributed by atoms with Gasteiger partial charge < -0.3 is 14.0 Å². The number of anilines is 1. The number of benzene rings is 2. The SMILES string of the molecule is CC1CCCCN1c1ccc(-c2nc(-c3ccc4ccn(C)c4c3)no2)cc1[N+](=O)[O-]. The smallest absolute Gasteiger partial charge is 0.293 e. The highest BCUT2D eigenvalue weighted by Gasteiger charge is 2.27. The number of aromatic nitrogens is 3. The lowest BCUT2D eigenvalue weighted by atomic mass is 10.0. The number of piperidine rings is 1. The van der Waals surface area contributed by atoms with Crippen LogP contribution in [0.15, 0.2) is 53.2 Å². The van der Waals surface area contributed by atoms with Gasteiger partial charge in [0.05, 0.1) is 4.92 Å². The third-order valence-electron chi connectivity index (χ3n) is 6.10. The second-order valence-corrected chi connectivity index (χ2v) is 8.12. The Morgan fingerprint density at radius 1 is 1.13 bits per heavy atom. The summed E-state index contributed by atoms with van der Waals surface area (Å²) >= 11 is 0. The molecule has 0 saturated carbocycles. The summed E-state index contributed by atoms with van der Waals surface area (Å²) in [6.45, 7) is 2.94. The van der Waals surface area contributed by atoms with Gasteiger partial charge in [0.1, 0.15) is 5.69 Å². The van der Waals surface area contributed by atoms with E-state index < -0.39 is 0 Å². The van der Waals surface area contributed by atoms with Gasteiger partial charge in [0.15, 0.2) is 0 Å². The van der Waals surface area contributed by atoms with E-state index in [0.717, 1.165) is 42.3 Å².